The Morgan fingerprint density at radius 3 is 2.75 bits per heavy atom. The van der Waals surface area contributed by atoms with Gasteiger partial charge in [-0.05, 0) is 24.6 Å². The number of rotatable bonds is 2. The number of aromatic nitrogens is 1. The summed E-state index contributed by atoms with van der Waals surface area (Å²) < 4.78 is 0. The second-order valence-electron chi connectivity index (χ2n) is 4.04. The van der Waals surface area contributed by atoms with Gasteiger partial charge in [-0.3, -0.25) is 9.98 Å². The van der Waals surface area contributed by atoms with Crippen molar-refractivity contribution in [2.75, 3.05) is 0 Å². The van der Waals surface area contributed by atoms with E-state index in [2.05, 4.69) is 41.2 Å². The lowest BCUT2D eigenvalue weighted by atomic mass is 10.1. The molecule has 1 aliphatic rings. The molecule has 2 aromatic rings. The molecule has 0 spiro atoms. The Morgan fingerprint density at radius 1 is 1.06 bits per heavy atom. The third kappa shape index (κ3) is 1.63. The van der Waals surface area contributed by atoms with E-state index in [-0.39, 0.29) is 6.04 Å². The molecule has 16 heavy (non-hydrogen) atoms. The molecule has 2 heterocycles. The Morgan fingerprint density at radius 2 is 2.00 bits per heavy atom. The average molecular weight is 208 g/mol. The van der Waals surface area contributed by atoms with Crippen molar-refractivity contribution in [2.24, 2.45) is 4.99 Å². The van der Waals surface area contributed by atoms with Gasteiger partial charge in [0, 0.05) is 6.20 Å². The molecule has 3 rings (SSSR count). The summed E-state index contributed by atoms with van der Waals surface area (Å²) >= 11 is 0. The van der Waals surface area contributed by atoms with Crippen LogP contribution < -0.4 is 0 Å². The van der Waals surface area contributed by atoms with Gasteiger partial charge in [0.1, 0.15) is 6.04 Å². The normalized spacial score (nSPS) is 18.1. The molecule has 2 nitrogen and oxygen atoms in total. The molecular formula is C14H12N2. The van der Waals surface area contributed by atoms with Gasteiger partial charge in [0.2, 0.25) is 0 Å². The van der Waals surface area contributed by atoms with Gasteiger partial charge in [-0.15, -0.1) is 0 Å². The Hall–Kier alpha value is -1.96. The van der Waals surface area contributed by atoms with Crippen LogP contribution in [-0.4, -0.2) is 10.7 Å². The van der Waals surface area contributed by atoms with E-state index in [1.807, 2.05) is 24.4 Å². The molecule has 78 valence electrons. The number of pyridine rings is 1. The van der Waals surface area contributed by atoms with Gasteiger partial charge in [0.15, 0.2) is 0 Å². The molecule has 0 aliphatic carbocycles. The molecule has 0 saturated carbocycles. The Kier molecular flexibility index (Phi) is 2.07. The zero-order chi connectivity index (χ0) is 11.0. The quantitative estimate of drug-likeness (QED) is 0.744. The first-order valence-corrected chi connectivity index (χ1v) is 5.40. The number of aliphatic imine (C=N–C) groups is 1. The SMILES string of the molecule is Cc1cccc(C2=NC2c2ccccn2)c1. The van der Waals surface area contributed by atoms with E-state index in [4.69, 9.17) is 0 Å². The van der Waals surface area contributed by atoms with Crippen LogP contribution in [-0.2, 0) is 0 Å². The summed E-state index contributed by atoms with van der Waals surface area (Å²) in [6.07, 6.45) is 1.82. The largest absolute Gasteiger partial charge is 0.270 e. The Labute approximate surface area is 94.7 Å². The van der Waals surface area contributed by atoms with Crippen molar-refractivity contribution >= 4 is 5.71 Å². The highest BCUT2D eigenvalue weighted by Crippen LogP contribution is 2.33. The second-order valence-corrected chi connectivity index (χ2v) is 4.04. The fourth-order valence-corrected chi connectivity index (χ4v) is 1.88. The summed E-state index contributed by atoms with van der Waals surface area (Å²) in [5, 5.41) is 0. The molecule has 0 saturated heterocycles. The molecule has 0 amide bonds. The molecule has 0 bridgehead atoms. The lowest BCUT2D eigenvalue weighted by Gasteiger charge is -1.98. The summed E-state index contributed by atoms with van der Waals surface area (Å²) in [6.45, 7) is 2.10. The first-order chi connectivity index (χ1) is 7.84. The standard InChI is InChI=1S/C14H12N2/c1-10-5-4-6-11(9-10)13-14(16-13)12-7-2-3-8-15-12/h2-9,14H,1H3. The van der Waals surface area contributed by atoms with Gasteiger partial charge in [0.05, 0.1) is 11.4 Å². The maximum atomic E-state index is 4.49. The van der Waals surface area contributed by atoms with Crippen molar-refractivity contribution < 1.29 is 0 Å². The van der Waals surface area contributed by atoms with Crippen LogP contribution in [0.4, 0.5) is 0 Å². The van der Waals surface area contributed by atoms with Crippen molar-refractivity contribution in [2.45, 2.75) is 13.0 Å². The number of benzene rings is 1. The first-order valence-electron chi connectivity index (χ1n) is 5.40. The lowest BCUT2D eigenvalue weighted by molar-refractivity contribution is 1.03. The van der Waals surface area contributed by atoms with E-state index in [9.17, 15) is 0 Å². The minimum Gasteiger partial charge on any atom is -0.270 e. The summed E-state index contributed by atoms with van der Waals surface area (Å²) in [5.41, 5.74) is 4.68. The van der Waals surface area contributed by atoms with Gasteiger partial charge < -0.3 is 0 Å². The van der Waals surface area contributed by atoms with Crippen LogP contribution in [0.1, 0.15) is 22.9 Å². The number of hydrogen-bond acceptors (Lipinski definition) is 2. The molecular weight excluding hydrogens is 196 g/mol. The van der Waals surface area contributed by atoms with Gasteiger partial charge in [-0.2, -0.15) is 0 Å². The lowest BCUT2D eigenvalue weighted by Crippen LogP contribution is -1.95. The molecule has 1 unspecified atom stereocenters. The maximum Gasteiger partial charge on any atom is 0.134 e. The molecule has 0 N–H and O–H groups in total. The molecule has 1 aliphatic heterocycles. The monoisotopic (exact) mass is 208 g/mol. The summed E-state index contributed by atoms with van der Waals surface area (Å²) in [7, 11) is 0. The summed E-state index contributed by atoms with van der Waals surface area (Å²) in [6, 6.07) is 14.6. The highest BCUT2D eigenvalue weighted by atomic mass is 15.0. The van der Waals surface area contributed by atoms with Crippen molar-refractivity contribution in [1.82, 2.24) is 4.98 Å². The van der Waals surface area contributed by atoms with Crippen LogP contribution in [0.2, 0.25) is 0 Å². The van der Waals surface area contributed by atoms with Crippen molar-refractivity contribution in [1.29, 1.82) is 0 Å². The molecule has 1 aromatic carbocycles. The van der Waals surface area contributed by atoms with Crippen LogP contribution in [0.3, 0.4) is 0 Å². The third-order valence-electron chi connectivity index (χ3n) is 2.74. The zero-order valence-corrected chi connectivity index (χ0v) is 9.09. The van der Waals surface area contributed by atoms with E-state index in [0.717, 1.165) is 11.4 Å². The highest BCUT2D eigenvalue weighted by molar-refractivity contribution is 6.13. The molecule has 2 heteroatoms. The van der Waals surface area contributed by atoms with E-state index in [1.54, 1.807) is 0 Å². The van der Waals surface area contributed by atoms with Gasteiger partial charge in [-0.25, -0.2) is 0 Å². The zero-order valence-electron chi connectivity index (χ0n) is 9.09. The van der Waals surface area contributed by atoms with Crippen LogP contribution in [0.25, 0.3) is 0 Å². The second kappa shape index (κ2) is 3.56. The Bertz CT molecular complexity index is 544. The van der Waals surface area contributed by atoms with Crippen LogP contribution in [0.5, 0.6) is 0 Å². The minimum atomic E-state index is 0.183. The van der Waals surface area contributed by atoms with E-state index in [0.29, 0.717) is 0 Å². The number of hydrogen-bond donors (Lipinski definition) is 0. The molecule has 1 aromatic heterocycles. The first kappa shape index (κ1) is 9.28. The fourth-order valence-electron chi connectivity index (χ4n) is 1.88. The number of nitrogens with zero attached hydrogens (tertiary/aromatic N) is 2. The predicted octanol–water partition coefficient (Wildman–Crippen LogP) is 2.93. The van der Waals surface area contributed by atoms with Gasteiger partial charge >= 0.3 is 0 Å². The maximum absolute atomic E-state index is 4.49. The van der Waals surface area contributed by atoms with Crippen LogP contribution in [0, 0.1) is 6.92 Å². The summed E-state index contributed by atoms with van der Waals surface area (Å²) in [5.74, 6) is 0. The van der Waals surface area contributed by atoms with Crippen molar-refractivity contribution in [3.05, 3.63) is 65.5 Å². The minimum absolute atomic E-state index is 0.183. The van der Waals surface area contributed by atoms with E-state index in [1.165, 1.54) is 11.1 Å². The topological polar surface area (TPSA) is 25.2 Å². The molecule has 0 radical (unpaired) electrons. The van der Waals surface area contributed by atoms with Crippen LogP contribution >= 0.6 is 0 Å². The number of aryl methyl sites for hydroxylation is 1. The molecule has 1 atom stereocenters. The van der Waals surface area contributed by atoms with Crippen molar-refractivity contribution in [3.63, 3.8) is 0 Å². The van der Waals surface area contributed by atoms with E-state index < -0.39 is 0 Å². The van der Waals surface area contributed by atoms with Crippen LogP contribution in [0.15, 0.2) is 53.7 Å². The third-order valence-corrected chi connectivity index (χ3v) is 2.74. The predicted molar refractivity (Wildman–Crippen MR) is 64.7 cm³/mol. The van der Waals surface area contributed by atoms with E-state index >= 15 is 0 Å². The average Bonchev–Trinajstić information content (AvgIpc) is 3.10. The van der Waals surface area contributed by atoms with Gasteiger partial charge in [-0.1, -0.05) is 35.9 Å². The van der Waals surface area contributed by atoms with Crippen molar-refractivity contribution in [3.8, 4) is 0 Å². The highest BCUT2D eigenvalue weighted by Gasteiger charge is 2.31. The molecule has 0 fully saturated rings. The smallest absolute Gasteiger partial charge is 0.134 e. The summed E-state index contributed by atoms with van der Waals surface area (Å²) in [4.78, 5) is 8.81. The fraction of sp³-hybridized carbons (Fsp3) is 0.143. The van der Waals surface area contributed by atoms with Gasteiger partial charge in [0.25, 0.3) is 0 Å². The Balaban J connectivity index is 1.84.